The number of hydrogen-bond acceptors (Lipinski definition) is 4. The maximum absolute atomic E-state index is 13.8. The van der Waals surface area contributed by atoms with Crippen LogP contribution in [0, 0.1) is 11.3 Å². The first kappa shape index (κ1) is 24.7. The zero-order valence-corrected chi connectivity index (χ0v) is 17.4. The Hall–Kier alpha value is -3.95. The predicted octanol–water partition coefficient (Wildman–Crippen LogP) is 4.96. The molecule has 1 fully saturated rings. The Labute approximate surface area is 189 Å². The Kier molecular flexibility index (Phi) is 6.63. The van der Waals surface area contributed by atoms with E-state index in [4.69, 9.17) is 10.00 Å². The second kappa shape index (κ2) is 9.12. The van der Waals surface area contributed by atoms with Crippen molar-refractivity contribution in [1.82, 2.24) is 5.32 Å². The van der Waals surface area contributed by atoms with Crippen LogP contribution in [0.25, 0.3) is 0 Å². The monoisotopic (exact) mass is 486 g/mol. The molecule has 7 nitrogen and oxygen atoms in total. The highest BCUT2D eigenvalue weighted by Crippen LogP contribution is 2.46. The quantitative estimate of drug-likeness (QED) is 0.620. The lowest BCUT2D eigenvalue weighted by atomic mass is 10.1. The summed E-state index contributed by atoms with van der Waals surface area (Å²) in [4.78, 5) is 26.3. The fraction of sp³-hybridized carbons (Fsp3) is 0.286. The summed E-state index contributed by atoms with van der Waals surface area (Å²) >= 11 is 0. The van der Waals surface area contributed by atoms with Crippen LogP contribution in [0.2, 0.25) is 0 Å². The fourth-order valence-electron chi connectivity index (χ4n) is 3.32. The van der Waals surface area contributed by atoms with Crippen LogP contribution in [0.1, 0.15) is 16.7 Å². The van der Waals surface area contributed by atoms with Gasteiger partial charge in [-0.15, -0.1) is 0 Å². The minimum Gasteiger partial charge on any atom is -0.407 e. The van der Waals surface area contributed by atoms with Crippen molar-refractivity contribution in [3.8, 4) is 11.8 Å². The first-order chi connectivity index (χ1) is 15.8. The summed E-state index contributed by atoms with van der Waals surface area (Å²) in [6.07, 6.45) is -12.0. The number of halogens is 6. The Morgan fingerprint density at radius 3 is 2.41 bits per heavy atom. The second-order valence-corrected chi connectivity index (χ2v) is 7.14. The number of rotatable bonds is 4. The minimum absolute atomic E-state index is 0.0365. The SMILES string of the molecule is CN(C(=O)Oc1c(N2CCNC2=O)cc(C(F)(F)F)cc1C(F)(F)F)c1ccccc1CC#N. The van der Waals surface area contributed by atoms with Crippen LogP contribution in [0.3, 0.4) is 0 Å². The Bertz CT molecular complexity index is 1160. The number of para-hydroxylation sites is 1. The molecule has 0 unspecified atom stereocenters. The number of carbonyl (C=O) groups excluding carboxylic acids is 2. The molecule has 1 N–H and O–H groups in total. The van der Waals surface area contributed by atoms with Crippen molar-refractivity contribution in [1.29, 1.82) is 5.26 Å². The molecule has 13 heteroatoms. The fourth-order valence-corrected chi connectivity index (χ4v) is 3.32. The lowest BCUT2D eigenvalue weighted by Crippen LogP contribution is -2.33. The van der Waals surface area contributed by atoms with Crippen LogP contribution in [0.4, 0.5) is 47.3 Å². The average Bonchev–Trinajstić information content (AvgIpc) is 3.18. The first-order valence-electron chi connectivity index (χ1n) is 9.62. The van der Waals surface area contributed by atoms with Gasteiger partial charge in [-0.2, -0.15) is 31.6 Å². The third-order valence-electron chi connectivity index (χ3n) is 4.94. The summed E-state index contributed by atoms with van der Waals surface area (Å²) < 4.78 is 86.4. The summed E-state index contributed by atoms with van der Waals surface area (Å²) in [6.45, 7) is -0.284. The largest absolute Gasteiger partial charge is 0.420 e. The van der Waals surface area contributed by atoms with Crippen molar-refractivity contribution in [2.24, 2.45) is 0 Å². The maximum atomic E-state index is 13.8. The number of amides is 3. The van der Waals surface area contributed by atoms with Gasteiger partial charge in [0.05, 0.1) is 29.4 Å². The molecule has 0 saturated carbocycles. The molecule has 0 bridgehead atoms. The predicted molar refractivity (Wildman–Crippen MR) is 107 cm³/mol. The minimum atomic E-state index is -5.35. The molecule has 180 valence electrons. The van der Waals surface area contributed by atoms with Gasteiger partial charge < -0.3 is 10.1 Å². The summed E-state index contributed by atoms with van der Waals surface area (Å²) in [7, 11) is 1.16. The van der Waals surface area contributed by atoms with E-state index in [-0.39, 0.29) is 31.3 Å². The zero-order chi connectivity index (χ0) is 25.3. The van der Waals surface area contributed by atoms with Crippen molar-refractivity contribution in [3.63, 3.8) is 0 Å². The lowest BCUT2D eigenvalue weighted by Gasteiger charge is -2.25. The Balaban J connectivity index is 2.13. The number of nitrogens with one attached hydrogen (secondary N) is 1. The van der Waals surface area contributed by atoms with Gasteiger partial charge in [-0.1, -0.05) is 18.2 Å². The number of nitrogens with zero attached hydrogens (tertiary/aromatic N) is 3. The summed E-state index contributed by atoms with van der Waals surface area (Å²) in [5.74, 6) is -1.24. The molecule has 0 aromatic heterocycles. The van der Waals surface area contributed by atoms with E-state index < -0.39 is 47.0 Å². The van der Waals surface area contributed by atoms with Gasteiger partial charge >= 0.3 is 24.5 Å². The maximum Gasteiger partial charge on any atom is 0.420 e. The summed E-state index contributed by atoms with van der Waals surface area (Å²) in [5, 5.41) is 11.2. The number of alkyl halides is 6. The lowest BCUT2D eigenvalue weighted by molar-refractivity contribution is -0.143. The number of nitriles is 1. The third kappa shape index (κ3) is 5.00. The molecular weight excluding hydrogens is 470 g/mol. The van der Waals surface area contributed by atoms with Crippen LogP contribution in [-0.2, 0) is 18.8 Å². The van der Waals surface area contributed by atoms with Crippen molar-refractivity contribution in [2.45, 2.75) is 18.8 Å². The van der Waals surface area contributed by atoms with Crippen molar-refractivity contribution < 1.29 is 40.7 Å². The van der Waals surface area contributed by atoms with Crippen LogP contribution >= 0.6 is 0 Å². The molecule has 0 spiro atoms. The molecular formula is C21H16F6N4O3. The second-order valence-electron chi connectivity index (χ2n) is 7.14. The molecule has 2 aromatic rings. The van der Waals surface area contributed by atoms with Crippen LogP contribution in [-0.4, -0.2) is 32.3 Å². The van der Waals surface area contributed by atoms with Crippen molar-refractivity contribution in [3.05, 3.63) is 53.1 Å². The highest BCUT2D eigenvalue weighted by atomic mass is 19.4. The van der Waals surface area contributed by atoms with E-state index >= 15 is 0 Å². The van der Waals surface area contributed by atoms with Gasteiger partial charge in [0, 0.05) is 20.1 Å². The molecule has 0 aliphatic carbocycles. The van der Waals surface area contributed by atoms with E-state index in [1.807, 2.05) is 6.07 Å². The summed E-state index contributed by atoms with van der Waals surface area (Å²) in [6, 6.07) is 7.11. The van der Waals surface area contributed by atoms with Crippen molar-refractivity contribution >= 4 is 23.5 Å². The Morgan fingerprint density at radius 2 is 1.85 bits per heavy atom. The van der Waals surface area contributed by atoms with E-state index in [9.17, 15) is 35.9 Å². The van der Waals surface area contributed by atoms with E-state index in [1.54, 1.807) is 6.07 Å². The van der Waals surface area contributed by atoms with Gasteiger partial charge in [-0.05, 0) is 23.8 Å². The zero-order valence-electron chi connectivity index (χ0n) is 17.4. The summed E-state index contributed by atoms with van der Waals surface area (Å²) in [5.41, 5.74) is -3.88. The number of carbonyl (C=O) groups is 2. The highest BCUT2D eigenvalue weighted by molar-refractivity contribution is 5.97. The molecule has 3 amide bonds. The first-order valence-corrected chi connectivity index (χ1v) is 9.62. The number of ether oxygens (including phenoxy) is 1. The highest BCUT2D eigenvalue weighted by Gasteiger charge is 2.43. The standard InChI is InChI=1S/C21H16F6N4O3/c1-30(15-5-3-2-4-12(15)6-7-28)19(33)34-17-14(21(25,26)27)10-13(20(22,23)24)11-16(17)31-9-8-29-18(31)32/h2-5,10-11H,6,8-9H2,1H3,(H,29,32). The van der Waals surface area contributed by atoms with E-state index in [1.165, 1.54) is 18.2 Å². The van der Waals surface area contributed by atoms with Gasteiger partial charge in [-0.25, -0.2) is 9.59 Å². The van der Waals surface area contributed by atoms with Gasteiger partial charge in [0.1, 0.15) is 5.56 Å². The van der Waals surface area contributed by atoms with E-state index in [2.05, 4.69) is 5.32 Å². The Morgan fingerprint density at radius 1 is 1.18 bits per heavy atom. The normalized spacial score (nSPS) is 13.9. The van der Waals surface area contributed by atoms with Crippen LogP contribution in [0.15, 0.2) is 36.4 Å². The van der Waals surface area contributed by atoms with Crippen LogP contribution in [0.5, 0.6) is 5.75 Å². The van der Waals surface area contributed by atoms with Crippen LogP contribution < -0.4 is 19.9 Å². The third-order valence-corrected chi connectivity index (χ3v) is 4.94. The number of benzene rings is 2. The van der Waals surface area contributed by atoms with Gasteiger partial charge in [0.15, 0.2) is 5.75 Å². The number of anilines is 2. The molecule has 1 aliphatic heterocycles. The topological polar surface area (TPSA) is 85.7 Å². The molecule has 3 rings (SSSR count). The number of hydrogen-bond donors (Lipinski definition) is 1. The molecule has 1 saturated heterocycles. The smallest absolute Gasteiger partial charge is 0.407 e. The van der Waals surface area contributed by atoms with Crippen molar-refractivity contribution in [2.75, 3.05) is 29.9 Å². The molecule has 1 aliphatic rings. The molecule has 34 heavy (non-hydrogen) atoms. The number of urea groups is 1. The molecule has 0 atom stereocenters. The molecule has 1 heterocycles. The molecule has 2 aromatic carbocycles. The van der Waals surface area contributed by atoms with E-state index in [0.29, 0.717) is 16.5 Å². The van der Waals surface area contributed by atoms with E-state index in [0.717, 1.165) is 11.9 Å². The van der Waals surface area contributed by atoms with Gasteiger partial charge in [-0.3, -0.25) is 9.80 Å². The molecule has 0 radical (unpaired) electrons. The van der Waals surface area contributed by atoms with Gasteiger partial charge in [0.2, 0.25) is 0 Å². The van der Waals surface area contributed by atoms with Gasteiger partial charge in [0.25, 0.3) is 0 Å². The average molecular weight is 486 g/mol.